The fourth-order valence-electron chi connectivity index (χ4n) is 3.84. The smallest absolute Gasteiger partial charge is 0.264 e. The summed E-state index contributed by atoms with van der Waals surface area (Å²) in [5.41, 5.74) is 3.56. The molecule has 0 fully saturated rings. The Bertz CT molecular complexity index is 1080. The van der Waals surface area contributed by atoms with Crippen LogP contribution in [0.3, 0.4) is 0 Å². The summed E-state index contributed by atoms with van der Waals surface area (Å²) in [6.07, 6.45) is 9.83. The number of hydrogen-bond donors (Lipinski definition) is 1. The lowest BCUT2D eigenvalue weighted by atomic mass is 9.97. The molecule has 31 heavy (non-hydrogen) atoms. The van der Waals surface area contributed by atoms with Crippen molar-refractivity contribution in [3.8, 4) is 0 Å². The molecule has 0 aromatic heterocycles. The number of anilines is 1. The second-order valence-electron chi connectivity index (χ2n) is 7.79. The van der Waals surface area contributed by atoms with E-state index in [-0.39, 0.29) is 11.8 Å². The molecule has 4 nitrogen and oxygen atoms in total. The Labute approximate surface area is 192 Å². The summed E-state index contributed by atoms with van der Waals surface area (Å²) < 4.78 is 0. The van der Waals surface area contributed by atoms with Gasteiger partial charge in [-0.2, -0.15) is 0 Å². The van der Waals surface area contributed by atoms with Crippen LogP contribution in [0.5, 0.6) is 0 Å². The Morgan fingerprint density at radius 1 is 1.23 bits per heavy atom. The van der Waals surface area contributed by atoms with E-state index in [0.29, 0.717) is 22.0 Å². The summed E-state index contributed by atoms with van der Waals surface area (Å²) >= 11 is 7.65. The first kappa shape index (κ1) is 21.7. The van der Waals surface area contributed by atoms with Crippen molar-refractivity contribution in [1.29, 1.82) is 0 Å². The molecule has 0 atom stereocenters. The first-order valence-electron chi connectivity index (χ1n) is 10.6. The molecular formula is C25H25ClN2O2S. The van der Waals surface area contributed by atoms with Gasteiger partial charge in [0, 0.05) is 29.1 Å². The third-order valence-corrected chi connectivity index (χ3v) is 7.05. The van der Waals surface area contributed by atoms with E-state index in [9.17, 15) is 9.59 Å². The molecule has 2 aromatic carbocycles. The fourth-order valence-corrected chi connectivity index (χ4v) is 5.11. The summed E-state index contributed by atoms with van der Waals surface area (Å²) in [7, 11) is 1.73. The van der Waals surface area contributed by atoms with Crippen LogP contribution < -0.4 is 10.2 Å². The van der Waals surface area contributed by atoms with Crippen molar-refractivity contribution in [2.45, 2.75) is 37.0 Å². The number of carbonyl (C=O) groups excluding carboxylic acids is 2. The predicted molar refractivity (Wildman–Crippen MR) is 129 cm³/mol. The molecule has 0 bridgehead atoms. The number of allylic oxidation sites excluding steroid dienone is 1. The number of fused-ring (bicyclic) bond motifs is 1. The van der Waals surface area contributed by atoms with Crippen LogP contribution in [0.15, 0.2) is 63.9 Å². The highest BCUT2D eigenvalue weighted by Crippen LogP contribution is 2.42. The number of nitrogens with zero attached hydrogens (tertiary/aromatic N) is 1. The van der Waals surface area contributed by atoms with Gasteiger partial charge in [0.1, 0.15) is 0 Å². The molecule has 0 radical (unpaired) electrons. The molecule has 2 aliphatic rings. The number of halogens is 1. The second-order valence-corrected chi connectivity index (χ2v) is 9.28. The van der Waals surface area contributed by atoms with Crippen molar-refractivity contribution in [1.82, 2.24) is 5.32 Å². The van der Waals surface area contributed by atoms with Gasteiger partial charge in [-0.05, 0) is 68.0 Å². The van der Waals surface area contributed by atoms with Gasteiger partial charge in [0.25, 0.3) is 11.8 Å². The predicted octanol–water partition coefficient (Wildman–Crippen LogP) is 6.07. The van der Waals surface area contributed by atoms with Gasteiger partial charge in [0.15, 0.2) is 0 Å². The minimum absolute atomic E-state index is 0.109. The van der Waals surface area contributed by atoms with Gasteiger partial charge in [-0.1, -0.05) is 53.2 Å². The fraction of sp³-hybridized carbons (Fsp3) is 0.280. The highest BCUT2D eigenvalue weighted by atomic mass is 35.5. The minimum Gasteiger partial charge on any atom is -0.352 e. The zero-order valence-corrected chi connectivity index (χ0v) is 19.1. The summed E-state index contributed by atoms with van der Waals surface area (Å²) in [5.74, 6) is -0.221. The average molecular weight is 453 g/mol. The van der Waals surface area contributed by atoms with Crippen molar-refractivity contribution in [3.05, 3.63) is 75.2 Å². The Balaban J connectivity index is 1.47. The summed E-state index contributed by atoms with van der Waals surface area (Å²) in [4.78, 5) is 28.7. The van der Waals surface area contributed by atoms with Crippen LogP contribution in [0.25, 0.3) is 6.08 Å². The standard InChI is InChI=1S/C25H25ClN2O2S/c1-28-21-15-19(24(29)27-14-13-17-7-3-2-4-8-17)11-12-22(21)31-23(25(28)30)16-18-9-5-6-10-20(18)26/h5-7,9-12,15-16H,2-4,8,13-14H2,1H3,(H,27,29). The first-order chi connectivity index (χ1) is 15.0. The molecule has 160 valence electrons. The zero-order chi connectivity index (χ0) is 21.8. The van der Waals surface area contributed by atoms with Gasteiger partial charge in [-0.3, -0.25) is 9.59 Å². The molecule has 6 heteroatoms. The van der Waals surface area contributed by atoms with Crippen molar-refractivity contribution in [2.75, 3.05) is 18.5 Å². The first-order valence-corrected chi connectivity index (χ1v) is 11.7. The van der Waals surface area contributed by atoms with Gasteiger partial charge in [-0.25, -0.2) is 0 Å². The largest absolute Gasteiger partial charge is 0.352 e. The maximum absolute atomic E-state index is 12.9. The van der Waals surface area contributed by atoms with E-state index in [2.05, 4.69) is 11.4 Å². The lowest BCUT2D eigenvalue weighted by molar-refractivity contribution is -0.114. The van der Waals surface area contributed by atoms with Crippen LogP contribution in [0, 0.1) is 0 Å². The Morgan fingerprint density at radius 3 is 2.84 bits per heavy atom. The SMILES string of the molecule is CN1C(=O)C(=Cc2ccccc2Cl)Sc2ccc(C(=O)NCCC3=CCCCC3)cc21. The third kappa shape index (κ3) is 5.05. The normalized spacial score (nSPS) is 17.4. The van der Waals surface area contributed by atoms with Gasteiger partial charge in [0.05, 0.1) is 10.6 Å². The van der Waals surface area contributed by atoms with Crippen LogP contribution in [-0.2, 0) is 4.79 Å². The highest BCUT2D eigenvalue weighted by Gasteiger charge is 2.27. The molecule has 4 rings (SSSR count). The van der Waals surface area contributed by atoms with Crippen molar-refractivity contribution >= 4 is 46.9 Å². The number of thioether (sulfide) groups is 1. The van der Waals surface area contributed by atoms with E-state index >= 15 is 0 Å². The molecule has 0 saturated carbocycles. The zero-order valence-electron chi connectivity index (χ0n) is 17.5. The number of hydrogen-bond acceptors (Lipinski definition) is 3. The molecule has 1 aliphatic heterocycles. The summed E-state index contributed by atoms with van der Waals surface area (Å²) in [6, 6.07) is 13.0. The molecule has 1 heterocycles. The van der Waals surface area contributed by atoms with Crippen LogP contribution in [0.2, 0.25) is 5.02 Å². The number of rotatable bonds is 5. The maximum Gasteiger partial charge on any atom is 0.264 e. The van der Waals surface area contributed by atoms with Crippen molar-refractivity contribution in [2.24, 2.45) is 0 Å². The monoisotopic (exact) mass is 452 g/mol. The van der Waals surface area contributed by atoms with E-state index in [1.165, 1.54) is 30.2 Å². The van der Waals surface area contributed by atoms with E-state index in [1.54, 1.807) is 24.1 Å². The molecular weight excluding hydrogens is 428 g/mol. The average Bonchev–Trinajstić information content (AvgIpc) is 2.79. The molecule has 0 unspecified atom stereocenters. The Morgan fingerprint density at radius 2 is 2.06 bits per heavy atom. The number of carbonyl (C=O) groups is 2. The number of likely N-dealkylation sites (N-methyl/N-ethyl adjacent to an activating group) is 1. The van der Waals surface area contributed by atoms with Gasteiger partial charge >= 0.3 is 0 Å². The van der Waals surface area contributed by atoms with Crippen LogP contribution in [-0.4, -0.2) is 25.4 Å². The summed E-state index contributed by atoms with van der Waals surface area (Å²) in [5, 5.41) is 3.62. The third-order valence-electron chi connectivity index (χ3n) is 5.63. The lowest BCUT2D eigenvalue weighted by Gasteiger charge is -2.27. The van der Waals surface area contributed by atoms with Crippen molar-refractivity contribution in [3.63, 3.8) is 0 Å². The molecule has 0 spiro atoms. The molecule has 1 N–H and O–H groups in total. The van der Waals surface area contributed by atoms with Gasteiger partial charge in [-0.15, -0.1) is 0 Å². The second kappa shape index (κ2) is 9.75. The Kier molecular flexibility index (Phi) is 6.83. The number of nitrogens with one attached hydrogen (secondary N) is 1. The van der Waals surface area contributed by atoms with Crippen molar-refractivity contribution < 1.29 is 9.59 Å². The van der Waals surface area contributed by atoms with E-state index in [0.717, 1.165) is 35.4 Å². The highest BCUT2D eigenvalue weighted by molar-refractivity contribution is 8.04. The van der Waals surface area contributed by atoms with Crippen LogP contribution >= 0.6 is 23.4 Å². The molecule has 0 saturated heterocycles. The number of benzene rings is 2. The summed E-state index contributed by atoms with van der Waals surface area (Å²) in [6.45, 7) is 0.635. The van der Waals surface area contributed by atoms with E-state index < -0.39 is 0 Å². The molecule has 2 aromatic rings. The maximum atomic E-state index is 12.9. The molecule has 1 aliphatic carbocycles. The number of amides is 2. The minimum atomic E-state index is -0.112. The van der Waals surface area contributed by atoms with Gasteiger partial charge < -0.3 is 10.2 Å². The Hall–Kier alpha value is -2.50. The van der Waals surface area contributed by atoms with Gasteiger partial charge in [0.2, 0.25) is 0 Å². The lowest BCUT2D eigenvalue weighted by Crippen LogP contribution is -2.31. The molecule has 2 amide bonds. The van der Waals surface area contributed by atoms with Crippen LogP contribution in [0.1, 0.15) is 48.0 Å². The van der Waals surface area contributed by atoms with E-state index in [1.807, 2.05) is 36.4 Å². The topological polar surface area (TPSA) is 49.4 Å². The van der Waals surface area contributed by atoms with Crippen LogP contribution in [0.4, 0.5) is 5.69 Å². The quantitative estimate of drug-likeness (QED) is 0.442. The van der Waals surface area contributed by atoms with E-state index in [4.69, 9.17) is 11.6 Å².